The number of pyridine rings is 1. The molecule has 1 N–H and O–H groups in total. The zero-order chi connectivity index (χ0) is 20.8. The number of hydrogen-bond acceptors (Lipinski definition) is 7. The van der Waals surface area contributed by atoms with Crippen LogP contribution in [0.3, 0.4) is 0 Å². The summed E-state index contributed by atoms with van der Waals surface area (Å²) in [6.07, 6.45) is 9.63. The van der Waals surface area contributed by atoms with E-state index in [1.54, 1.807) is 13.1 Å². The molecule has 1 saturated carbocycles. The standard InChI is InChI=1S/C21H31N5O3/c1-4-29-20(28)17-14-26(15-9-6-5-7-10-15)19-16(18(17)27)13-23-21(24-19)22-11-8-12-25(2)3/h13-15H,4-12H2,1-3H3,(H,22,23,24). The Kier molecular flexibility index (Phi) is 7.19. The molecular formula is C21H31N5O3. The fourth-order valence-corrected chi connectivity index (χ4v) is 3.81. The maximum absolute atomic E-state index is 12.9. The molecule has 0 aromatic carbocycles. The number of anilines is 1. The predicted octanol–water partition coefficient (Wildman–Crippen LogP) is 2.84. The van der Waals surface area contributed by atoms with Crippen LogP contribution in [0.4, 0.5) is 5.95 Å². The van der Waals surface area contributed by atoms with Gasteiger partial charge in [0.2, 0.25) is 11.4 Å². The number of carbonyl (C=O) groups is 1. The summed E-state index contributed by atoms with van der Waals surface area (Å²) in [6, 6.07) is 0.219. The molecule has 8 nitrogen and oxygen atoms in total. The van der Waals surface area contributed by atoms with E-state index in [1.165, 1.54) is 12.6 Å². The van der Waals surface area contributed by atoms with E-state index in [1.807, 2.05) is 18.7 Å². The third-order valence-corrected chi connectivity index (χ3v) is 5.30. The van der Waals surface area contributed by atoms with E-state index in [0.29, 0.717) is 17.0 Å². The van der Waals surface area contributed by atoms with Gasteiger partial charge in [-0.3, -0.25) is 4.79 Å². The number of rotatable bonds is 8. The van der Waals surface area contributed by atoms with Gasteiger partial charge in [-0.05, 0) is 46.8 Å². The Morgan fingerprint density at radius 1 is 1.31 bits per heavy atom. The van der Waals surface area contributed by atoms with Gasteiger partial charge in [-0.1, -0.05) is 19.3 Å². The second-order valence-corrected chi connectivity index (χ2v) is 7.81. The Balaban J connectivity index is 1.99. The van der Waals surface area contributed by atoms with Crippen LogP contribution in [-0.4, -0.2) is 59.2 Å². The van der Waals surface area contributed by atoms with E-state index < -0.39 is 5.97 Å². The van der Waals surface area contributed by atoms with Crippen molar-refractivity contribution in [3.63, 3.8) is 0 Å². The first kappa shape index (κ1) is 21.2. The monoisotopic (exact) mass is 401 g/mol. The lowest BCUT2D eigenvalue weighted by Gasteiger charge is -2.26. The zero-order valence-electron chi connectivity index (χ0n) is 17.6. The summed E-state index contributed by atoms with van der Waals surface area (Å²) in [5, 5.41) is 3.60. The first-order valence-corrected chi connectivity index (χ1v) is 10.5. The first-order valence-electron chi connectivity index (χ1n) is 10.5. The number of ether oxygens (including phenoxy) is 1. The molecule has 8 heteroatoms. The minimum absolute atomic E-state index is 0.0558. The maximum Gasteiger partial charge on any atom is 0.343 e. The van der Waals surface area contributed by atoms with E-state index in [-0.39, 0.29) is 23.6 Å². The summed E-state index contributed by atoms with van der Waals surface area (Å²) < 4.78 is 7.09. The highest BCUT2D eigenvalue weighted by molar-refractivity contribution is 5.93. The van der Waals surface area contributed by atoms with Crippen LogP contribution < -0.4 is 10.7 Å². The Morgan fingerprint density at radius 2 is 2.07 bits per heavy atom. The van der Waals surface area contributed by atoms with Crippen molar-refractivity contribution in [2.75, 3.05) is 39.1 Å². The van der Waals surface area contributed by atoms with Crippen LogP contribution in [0.25, 0.3) is 11.0 Å². The van der Waals surface area contributed by atoms with Gasteiger partial charge < -0.3 is 19.5 Å². The van der Waals surface area contributed by atoms with Gasteiger partial charge in [0.05, 0.1) is 12.0 Å². The lowest BCUT2D eigenvalue weighted by Crippen LogP contribution is -2.25. The normalized spacial score (nSPS) is 15.0. The molecule has 2 aromatic rings. The van der Waals surface area contributed by atoms with E-state index >= 15 is 0 Å². The Labute approximate surface area is 171 Å². The van der Waals surface area contributed by atoms with Crippen LogP contribution in [0.2, 0.25) is 0 Å². The molecule has 0 atom stereocenters. The lowest BCUT2D eigenvalue weighted by atomic mass is 9.95. The molecular weight excluding hydrogens is 370 g/mol. The van der Waals surface area contributed by atoms with Crippen molar-refractivity contribution in [3.8, 4) is 0 Å². The largest absolute Gasteiger partial charge is 0.462 e. The minimum atomic E-state index is -0.588. The summed E-state index contributed by atoms with van der Waals surface area (Å²) in [5.74, 6) is -0.0843. The van der Waals surface area contributed by atoms with Crippen LogP contribution in [0, 0.1) is 0 Å². The van der Waals surface area contributed by atoms with Gasteiger partial charge in [0.25, 0.3) is 0 Å². The van der Waals surface area contributed by atoms with Crippen LogP contribution in [-0.2, 0) is 4.74 Å². The van der Waals surface area contributed by atoms with Crippen molar-refractivity contribution in [1.29, 1.82) is 0 Å². The lowest BCUT2D eigenvalue weighted by molar-refractivity contribution is 0.0524. The summed E-state index contributed by atoms with van der Waals surface area (Å²) >= 11 is 0. The summed E-state index contributed by atoms with van der Waals surface area (Å²) in [5.41, 5.74) is 0.268. The molecule has 1 fully saturated rings. The smallest absolute Gasteiger partial charge is 0.343 e. The predicted molar refractivity (Wildman–Crippen MR) is 114 cm³/mol. The van der Waals surface area contributed by atoms with Crippen LogP contribution in [0.15, 0.2) is 17.2 Å². The first-order chi connectivity index (χ1) is 14.0. The van der Waals surface area contributed by atoms with Gasteiger partial charge in [-0.25, -0.2) is 9.78 Å². The number of hydrogen-bond donors (Lipinski definition) is 1. The van der Waals surface area contributed by atoms with E-state index in [9.17, 15) is 9.59 Å². The number of nitrogens with zero attached hydrogens (tertiary/aromatic N) is 4. The van der Waals surface area contributed by atoms with Crippen molar-refractivity contribution in [3.05, 3.63) is 28.2 Å². The van der Waals surface area contributed by atoms with Crippen molar-refractivity contribution in [2.45, 2.75) is 51.5 Å². The van der Waals surface area contributed by atoms with Crippen LogP contribution in [0.5, 0.6) is 0 Å². The summed E-state index contributed by atoms with van der Waals surface area (Å²) in [6.45, 7) is 3.68. The molecule has 1 aliphatic rings. The fraction of sp³-hybridized carbons (Fsp3) is 0.619. The van der Waals surface area contributed by atoms with E-state index in [0.717, 1.165) is 45.2 Å². The molecule has 0 spiro atoms. The van der Waals surface area contributed by atoms with Crippen molar-refractivity contribution < 1.29 is 9.53 Å². The molecule has 0 amide bonds. The van der Waals surface area contributed by atoms with Gasteiger partial charge >= 0.3 is 5.97 Å². The fourth-order valence-electron chi connectivity index (χ4n) is 3.81. The third kappa shape index (κ3) is 5.12. The Bertz CT molecular complexity index is 903. The van der Waals surface area contributed by atoms with Crippen LogP contribution >= 0.6 is 0 Å². The zero-order valence-corrected chi connectivity index (χ0v) is 17.6. The SMILES string of the molecule is CCOC(=O)c1cn(C2CCCCC2)c2nc(NCCCN(C)C)ncc2c1=O. The maximum atomic E-state index is 12.9. The molecule has 0 saturated heterocycles. The molecule has 0 aliphatic heterocycles. The molecule has 158 valence electrons. The Morgan fingerprint density at radius 3 is 2.76 bits per heavy atom. The number of carbonyl (C=O) groups excluding carboxylic acids is 1. The van der Waals surface area contributed by atoms with Crippen molar-refractivity contribution in [2.24, 2.45) is 0 Å². The van der Waals surface area contributed by atoms with Crippen molar-refractivity contribution in [1.82, 2.24) is 19.4 Å². The molecule has 0 unspecified atom stereocenters. The third-order valence-electron chi connectivity index (χ3n) is 5.30. The second kappa shape index (κ2) is 9.82. The highest BCUT2D eigenvalue weighted by atomic mass is 16.5. The van der Waals surface area contributed by atoms with Gasteiger partial charge in [-0.2, -0.15) is 4.98 Å². The topological polar surface area (TPSA) is 89.3 Å². The van der Waals surface area contributed by atoms with E-state index in [4.69, 9.17) is 4.74 Å². The van der Waals surface area contributed by atoms with Gasteiger partial charge in [0, 0.05) is 25.0 Å². The molecule has 29 heavy (non-hydrogen) atoms. The molecule has 0 radical (unpaired) electrons. The highest BCUT2D eigenvalue weighted by Gasteiger charge is 2.23. The Hall–Kier alpha value is -2.48. The van der Waals surface area contributed by atoms with Gasteiger partial charge in [-0.15, -0.1) is 0 Å². The molecule has 0 bridgehead atoms. The summed E-state index contributed by atoms with van der Waals surface area (Å²) in [4.78, 5) is 36.3. The van der Waals surface area contributed by atoms with Crippen molar-refractivity contribution >= 4 is 23.0 Å². The molecule has 2 heterocycles. The molecule has 2 aromatic heterocycles. The second-order valence-electron chi connectivity index (χ2n) is 7.81. The average Bonchev–Trinajstić information content (AvgIpc) is 2.72. The quantitative estimate of drug-likeness (QED) is 0.537. The van der Waals surface area contributed by atoms with Gasteiger partial charge in [0.1, 0.15) is 11.2 Å². The molecule has 1 aliphatic carbocycles. The minimum Gasteiger partial charge on any atom is -0.462 e. The molecule has 3 rings (SSSR count). The van der Waals surface area contributed by atoms with Crippen LogP contribution in [0.1, 0.15) is 61.8 Å². The summed E-state index contributed by atoms with van der Waals surface area (Å²) in [7, 11) is 4.08. The number of esters is 1. The average molecular weight is 402 g/mol. The van der Waals surface area contributed by atoms with E-state index in [2.05, 4.69) is 20.2 Å². The number of nitrogens with one attached hydrogen (secondary N) is 1. The number of fused-ring (bicyclic) bond motifs is 1. The van der Waals surface area contributed by atoms with Gasteiger partial charge in [0.15, 0.2) is 0 Å². The number of aromatic nitrogens is 3. The highest BCUT2D eigenvalue weighted by Crippen LogP contribution is 2.30.